The quantitative estimate of drug-likeness (QED) is 0.326. The lowest BCUT2D eigenvalue weighted by molar-refractivity contribution is -0.226. The lowest BCUT2D eigenvalue weighted by Crippen LogP contribution is -2.47. The number of carbonyl (C=O) groups excluding carboxylic acids is 1. The summed E-state index contributed by atoms with van der Waals surface area (Å²) in [6, 6.07) is 7.02. The standard InChI is InChI=1S/C8H7F3N2O/c9-8(10,11)13(12)7(14)6-4-2-1-3-5-6/h1-5H,12H2. The average molecular weight is 204 g/mol. The zero-order valence-corrected chi connectivity index (χ0v) is 6.95. The Bertz CT molecular complexity index is 323. The largest absolute Gasteiger partial charge is 0.501 e. The van der Waals surface area contributed by atoms with Crippen molar-refractivity contribution in [3.8, 4) is 0 Å². The van der Waals surface area contributed by atoms with Gasteiger partial charge in [-0.15, -0.1) is 13.2 Å². The number of carbonyl (C=O) groups is 1. The Morgan fingerprint density at radius 1 is 1.21 bits per heavy atom. The molecule has 14 heavy (non-hydrogen) atoms. The second-order valence-corrected chi connectivity index (χ2v) is 2.51. The van der Waals surface area contributed by atoms with Gasteiger partial charge in [0.05, 0.1) is 0 Å². The zero-order chi connectivity index (χ0) is 10.8. The van der Waals surface area contributed by atoms with Crippen molar-refractivity contribution < 1.29 is 18.0 Å². The third-order valence-electron chi connectivity index (χ3n) is 1.51. The second kappa shape index (κ2) is 3.67. The molecule has 1 amide bonds. The minimum Gasteiger partial charge on any atom is -0.267 e. The molecule has 0 saturated heterocycles. The van der Waals surface area contributed by atoms with Crippen LogP contribution in [0.3, 0.4) is 0 Å². The van der Waals surface area contributed by atoms with Crippen LogP contribution >= 0.6 is 0 Å². The summed E-state index contributed by atoms with van der Waals surface area (Å²) in [5, 5.41) is -0.748. The van der Waals surface area contributed by atoms with E-state index in [9.17, 15) is 18.0 Å². The molecule has 0 saturated carbocycles. The smallest absolute Gasteiger partial charge is 0.267 e. The summed E-state index contributed by atoms with van der Waals surface area (Å²) in [5.74, 6) is 3.31. The van der Waals surface area contributed by atoms with Gasteiger partial charge in [-0.05, 0) is 12.1 Å². The van der Waals surface area contributed by atoms with Gasteiger partial charge in [-0.2, -0.15) is 5.01 Å². The summed E-state index contributed by atoms with van der Waals surface area (Å²) in [6.45, 7) is 0. The summed E-state index contributed by atoms with van der Waals surface area (Å²) in [6.07, 6.45) is -4.85. The van der Waals surface area contributed by atoms with Crippen LogP contribution in [0.15, 0.2) is 30.3 Å². The minimum absolute atomic E-state index is 0.104. The molecule has 6 heteroatoms. The van der Waals surface area contributed by atoms with Crippen LogP contribution in [0.4, 0.5) is 13.2 Å². The van der Waals surface area contributed by atoms with Gasteiger partial charge < -0.3 is 0 Å². The molecule has 0 aliphatic carbocycles. The highest BCUT2D eigenvalue weighted by atomic mass is 19.4. The fourth-order valence-electron chi connectivity index (χ4n) is 0.835. The number of halogens is 3. The lowest BCUT2D eigenvalue weighted by Gasteiger charge is -2.18. The fourth-order valence-corrected chi connectivity index (χ4v) is 0.835. The molecular formula is C8H7F3N2O. The first-order valence-electron chi connectivity index (χ1n) is 3.64. The molecule has 1 aromatic rings. The molecular weight excluding hydrogens is 197 g/mol. The molecule has 0 unspecified atom stereocenters. The topological polar surface area (TPSA) is 46.3 Å². The van der Waals surface area contributed by atoms with Crippen molar-refractivity contribution in [3.05, 3.63) is 35.9 Å². The van der Waals surface area contributed by atoms with Crippen LogP contribution < -0.4 is 5.84 Å². The summed E-state index contributed by atoms with van der Waals surface area (Å²) >= 11 is 0. The Hall–Kier alpha value is -1.56. The van der Waals surface area contributed by atoms with Gasteiger partial charge in [-0.1, -0.05) is 18.2 Å². The number of hydrogen-bond donors (Lipinski definition) is 1. The number of alkyl halides is 3. The molecule has 0 aromatic heterocycles. The first-order chi connectivity index (χ1) is 6.43. The normalized spacial score (nSPS) is 11.1. The van der Waals surface area contributed by atoms with Crippen molar-refractivity contribution in [2.45, 2.75) is 6.30 Å². The third kappa shape index (κ3) is 2.23. The van der Waals surface area contributed by atoms with Gasteiger partial charge >= 0.3 is 6.30 Å². The van der Waals surface area contributed by atoms with E-state index >= 15 is 0 Å². The third-order valence-corrected chi connectivity index (χ3v) is 1.51. The monoisotopic (exact) mass is 204 g/mol. The predicted octanol–water partition coefficient (Wildman–Crippen LogP) is 1.52. The molecule has 0 aliphatic heterocycles. The average Bonchev–Trinajstić information content (AvgIpc) is 2.15. The van der Waals surface area contributed by atoms with Crippen molar-refractivity contribution in [3.63, 3.8) is 0 Å². The van der Waals surface area contributed by atoms with Crippen LogP contribution in [-0.4, -0.2) is 17.2 Å². The molecule has 76 valence electrons. The van der Waals surface area contributed by atoms with E-state index in [1.807, 2.05) is 0 Å². The number of nitrogens with zero attached hydrogens (tertiary/aromatic N) is 1. The van der Waals surface area contributed by atoms with E-state index < -0.39 is 17.2 Å². The summed E-state index contributed by atoms with van der Waals surface area (Å²) < 4.78 is 35.9. The summed E-state index contributed by atoms with van der Waals surface area (Å²) in [7, 11) is 0. The number of amides is 1. The second-order valence-electron chi connectivity index (χ2n) is 2.51. The van der Waals surface area contributed by atoms with Gasteiger partial charge in [0.25, 0.3) is 5.91 Å². The number of hydrogen-bond acceptors (Lipinski definition) is 2. The summed E-state index contributed by atoms with van der Waals surface area (Å²) in [5.41, 5.74) is -0.104. The van der Waals surface area contributed by atoms with Crippen molar-refractivity contribution in [2.24, 2.45) is 5.84 Å². The van der Waals surface area contributed by atoms with Crippen LogP contribution in [0, 0.1) is 0 Å². The first kappa shape index (κ1) is 10.5. The van der Waals surface area contributed by atoms with Gasteiger partial charge in [0.1, 0.15) is 0 Å². The number of hydrazine groups is 1. The molecule has 1 aromatic carbocycles. The molecule has 2 N–H and O–H groups in total. The van der Waals surface area contributed by atoms with E-state index in [1.165, 1.54) is 24.3 Å². The van der Waals surface area contributed by atoms with Gasteiger partial charge in [0.15, 0.2) is 0 Å². The molecule has 0 spiro atoms. The van der Waals surface area contributed by atoms with E-state index in [1.54, 1.807) is 6.07 Å². The van der Waals surface area contributed by atoms with Gasteiger partial charge in [-0.25, -0.2) is 5.84 Å². The SMILES string of the molecule is NN(C(=O)c1ccccc1)C(F)(F)F. The zero-order valence-electron chi connectivity index (χ0n) is 6.95. The fraction of sp³-hybridized carbons (Fsp3) is 0.125. The predicted molar refractivity (Wildman–Crippen MR) is 42.9 cm³/mol. The first-order valence-corrected chi connectivity index (χ1v) is 3.64. The molecule has 0 bridgehead atoms. The maximum Gasteiger partial charge on any atom is 0.501 e. The van der Waals surface area contributed by atoms with E-state index in [0.29, 0.717) is 0 Å². The van der Waals surface area contributed by atoms with Crippen molar-refractivity contribution in [1.82, 2.24) is 5.01 Å². The molecule has 3 nitrogen and oxygen atoms in total. The number of rotatable bonds is 1. The Morgan fingerprint density at radius 3 is 2.14 bits per heavy atom. The van der Waals surface area contributed by atoms with Gasteiger partial charge in [-0.3, -0.25) is 4.79 Å². The van der Waals surface area contributed by atoms with Crippen LogP contribution in [0.5, 0.6) is 0 Å². The maximum absolute atomic E-state index is 12.0. The van der Waals surface area contributed by atoms with Crippen LogP contribution in [0.25, 0.3) is 0 Å². The highest BCUT2D eigenvalue weighted by Gasteiger charge is 2.39. The van der Waals surface area contributed by atoms with Crippen LogP contribution in [0.1, 0.15) is 10.4 Å². The van der Waals surface area contributed by atoms with E-state index in [2.05, 4.69) is 5.84 Å². The van der Waals surface area contributed by atoms with Crippen molar-refractivity contribution >= 4 is 5.91 Å². The highest BCUT2D eigenvalue weighted by Crippen LogP contribution is 2.19. The summed E-state index contributed by atoms with van der Waals surface area (Å²) in [4.78, 5) is 11.1. The lowest BCUT2D eigenvalue weighted by atomic mass is 10.2. The molecule has 0 heterocycles. The Kier molecular flexibility index (Phi) is 2.76. The molecule has 0 atom stereocenters. The minimum atomic E-state index is -4.85. The van der Waals surface area contributed by atoms with E-state index in [0.717, 1.165) is 0 Å². The molecule has 1 rings (SSSR count). The van der Waals surface area contributed by atoms with Crippen molar-refractivity contribution in [1.29, 1.82) is 0 Å². The Balaban J connectivity index is 2.87. The van der Waals surface area contributed by atoms with Gasteiger partial charge in [0.2, 0.25) is 0 Å². The Labute approximate surface area is 77.9 Å². The number of nitrogens with two attached hydrogens (primary N) is 1. The van der Waals surface area contributed by atoms with E-state index in [4.69, 9.17) is 0 Å². The maximum atomic E-state index is 12.0. The van der Waals surface area contributed by atoms with Crippen molar-refractivity contribution in [2.75, 3.05) is 0 Å². The highest BCUT2D eigenvalue weighted by molar-refractivity contribution is 5.93. The number of benzene rings is 1. The molecule has 0 fully saturated rings. The van der Waals surface area contributed by atoms with Gasteiger partial charge in [0, 0.05) is 5.56 Å². The Morgan fingerprint density at radius 2 is 1.71 bits per heavy atom. The van der Waals surface area contributed by atoms with Crippen LogP contribution in [0.2, 0.25) is 0 Å². The molecule has 0 aliphatic rings. The molecule has 0 radical (unpaired) electrons. The van der Waals surface area contributed by atoms with E-state index in [-0.39, 0.29) is 5.56 Å². The van der Waals surface area contributed by atoms with Crippen LogP contribution in [-0.2, 0) is 0 Å².